The van der Waals surface area contributed by atoms with E-state index >= 15 is 0 Å². The highest BCUT2D eigenvalue weighted by atomic mass is 16.4. The molecule has 29 heavy (non-hydrogen) atoms. The van der Waals surface area contributed by atoms with Crippen molar-refractivity contribution in [3.63, 3.8) is 0 Å². The van der Waals surface area contributed by atoms with Gasteiger partial charge in [0.25, 0.3) is 0 Å². The summed E-state index contributed by atoms with van der Waals surface area (Å²) in [5, 5.41) is 4.97. The van der Waals surface area contributed by atoms with Gasteiger partial charge in [0.1, 0.15) is 5.69 Å². The van der Waals surface area contributed by atoms with Crippen molar-refractivity contribution in [3.8, 4) is 11.5 Å². The number of aryl methyl sites for hydroxylation is 1. The van der Waals surface area contributed by atoms with Crippen molar-refractivity contribution < 1.29 is 4.42 Å². The van der Waals surface area contributed by atoms with Crippen molar-refractivity contribution in [3.05, 3.63) is 59.0 Å². The maximum absolute atomic E-state index is 12.8. The second-order valence-electron chi connectivity index (χ2n) is 7.96. The van der Waals surface area contributed by atoms with E-state index in [-0.39, 0.29) is 5.63 Å². The summed E-state index contributed by atoms with van der Waals surface area (Å²) >= 11 is 0. The van der Waals surface area contributed by atoms with Crippen molar-refractivity contribution in [1.82, 2.24) is 19.7 Å². The van der Waals surface area contributed by atoms with Gasteiger partial charge < -0.3 is 19.0 Å². The Morgan fingerprint density at radius 3 is 2.72 bits per heavy atom. The Balaban J connectivity index is 1.55. The van der Waals surface area contributed by atoms with Crippen molar-refractivity contribution in [2.45, 2.75) is 32.9 Å². The van der Waals surface area contributed by atoms with Crippen LogP contribution in [-0.4, -0.2) is 39.5 Å². The Labute approximate surface area is 168 Å². The van der Waals surface area contributed by atoms with Crippen LogP contribution in [0, 0.1) is 6.92 Å². The van der Waals surface area contributed by atoms with Crippen LogP contribution in [0.4, 0.5) is 5.69 Å². The van der Waals surface area contributed by atoms with Gasteiger partial charge in [-0.2, -0.15) is 0 Å². The number of fused-ring (bicyclic) bond motifs is 2. The van der Waals surface area contributed by atoms with Gasteiger partial charge in [0, 0.05) is 43.3 Å². The minimum Gasteiger partial charge on any atom is -0.421 e. The third-order valence-corrected chi connectivity index (χ3v) is 5.39. The largest absolute Gasteiger partial charge is 0.421 e. The maximum Gasteiger partial charge on any atom is 0.344 e. The number of rotatable bonds is 2. The molecule has 0 bridgehead atoms. The first kappa shape index (κ1) is 17.9. The molecular weight excluding hydrogens is 366 g/mol. The molecule has 5 rings (SSSR count). The molecule has 1 fully saturated rings. The Morgan fingerprint density at radius 1 is 1.14 bits per heavy atom. The van der Waals surface area contributed by atoms with E-state index in [4.69, 9.17) is 4.42 Å². The molecule has 1 aliphatic heterocycles. The van der Waals surface area contributed by atoms with Gasteiger partial charge >= 0.3 is 5.63 Å². The van der Waals surface area contributed by atoms with Crippen LogP contribution in [0.3, 0.4) is 0 Å². The lowest BCUT2D eigenvalue weighted by Crippen LogP contribution is -2.54. The molecule has 0 saturated carbocycles. The van der Waals surface area contributed by atoms with Crippen LogP contribution in [0.25, 0.3) is 27.9 Å². The predicted octanol–water partition coefficient (Wildman–Crippen LogP) is 3.00. The SMILES string of the molecule is Cc1cn2cc(-c3cc4ccc(N5C[C@@H](C)N[C@@H](C)C5)cc4c(=O)o3)nc2cn1. The summed E-state index contributed by atoms with van der Waals surface area (Å²) in [4.78, 5) is 23.9. The smallest absolute Gasteiger partial charge is 0.344 e. The Morgan fingerprint density at radius 2 is 1.93 bits per heavy atom. The molecular formula is C22H23N5O2. The van der Waals surface area contributed by atoms with E-state index in [2.05, 4.69) is 40.1 Å². The van der Waals surface area contributed by atoms with Gasteiger partial charge in [-0.3, -0.25) is 4.98 Å². The summed E-state index contributed by atoms with van der Waals surface area (Å²) in [5.74, 6) is 0.459. The third kappa shape index (κ3) is 3.27. The zero-order chi connectivity index (χ0) is 20.1. The molecule has 7 heteroatoms. The molecule has 2 atom stereocenters. The fourth-order valence-electron chi connectivity index (χ4n) is 4.15. The molecule has 3 aromatic heterocycles. The summed E-state index contributed by atoms with van der Waals surface area (Å²) in [7, 11) is 0. The highest BCUT2D eigenvalue weighted by molar-refractivity contribution is 5.87. The highest BCUT2D eigenvalue weighted by Crippen LogP contribution is 2.26. The molecule has 1 aromatic carbocycles. The Hall–Kier alpha value is -3.19. The summed E-state index contributed by atoms with van der Waals surface area (Å²) in [6.45, 7) is 8.10. The van der Waals surface area contributed by atoms with Crippen LogP contribution < -0.4 is 15.8 Å². The average molecular weight is 389 g/mol. The van der Waals surface area contributed by atoms with E-state index in [1.807, 2.05) is 41.9 Å². The zero-order valence-electron chi connectivity index (χ0n) is 16.7. The van der Waals surface area contributed by atoms with Crippen LogP contribution in [0.5, 0.6) is 0 Å². The van der Waals surface area contributed by atoms with Crippen LogP contribution in [0.15, 0.2) is 52.1 Å². The summed E-state index contributed by atoms with van der Waals surface area (Å²) in [6.07, 6.45) is 5.46. The molecule has 0 spiro atoms. The highest BCUT2D eigenvalue weighted by Gasteiger charge is 2.21. The fourth-order valence-corrected chi connectivity index (χ4v) is 4.15. The van der Waals surface area contributed by atoms with E-state index in [1.54, 1.807) is 6.20 Å². The van der Waals surface area contributed by atoms with Gasteiger partial charge in [-0.05, 0) is 44.4 Å². The number of anilines is 1. The number of imidazole rings is 1. The summed E-state index contributed by atoms with van der Waals surface area (Å²) < 4.78 is 7.52. The van der Waals surface area contributed by atoms with Crippen molar-refractivity contribution >= 4 is 22.1 Å². The molecule has 0 radical (unpaired) electrons. The lowest BCUT2D eigenvalue weighted by molar-refractivity contribution is 0.407. The van der Waals surface area contributed by atoms with Crippen molar-refractivity contribution in [2.24, 2.45) is 0 Å². The number of hydrogen-bond acceptors (Lipinski definition) is 6. The molecule has 0 aliphatic carbocycles. The van der Waals surface area contributed by atoms with Gasteiger partial charge in [-0.1, -0.05) is 6.07 Å². The number of nitrogens with one attached hydrogen (secondary N) is 1. The molecule has 0 amide bonds. The fraction of sp³-hybridized carbons (Fsp3) is 0.318. The molecule has 7 nitrogen and oxygen atoms in total. The average Bonchev–Trinajstić information content (AvgIpc) is 3.10. The van der Waals surface area contributed by atoms with Crippen LogP contribution >= 0.6 is 0 Å². The molecule has 1 saturated heterocycles. The molecule has 4 aromatic rings. The van der Waals surface area contributed by atoms with E-state index in [9.17, 15) is 4.79 Å². The number of nitrogens with zero attached hydrogens (tertiary/aromatic N) is 4. The lowest BCUT2D eigenvalue weighted by Gasteiger charge is -2.37. The summed E-state index contributed by atoms with van der Waals surface area (Å²) in [6, 6.07) is 8.69. The molecule has 4 heterocycles. The maximum atomic E-state index is 12.8. The quantitative estimate of drug-likeness (QED) is 0.568. The third-order valence-electron chi connectivity index (χ3n) is 5.39. The van der Waals surface area contributed by atoms with Gasteiger partial charge in [0.2, 0.25) is 0 Å². The normalized spacial score (nSPS) is 19.9. The van der Waals surface area contributed by atoms with Crippen LogP contribution in [-0.2, 0) is 0 Å². The van der Waals surface area contributed by atoms with Crippen molar-refractivity contribution in [1.29, 1.82) is 0 Å². The Kier molecular flexibility index (Phi) is 4.13. The topological polar surface area (TPSA) is 75.7 Å². The second kappa shape index (κ2) is 6.70. The Bertz CT molecular complexity index is 1270. The molecule has 1 N–H and O–H groups in total. The molecule has 0 unspecified atom stereocenters. The number of aromatic nitrogens is 3. The monoisotopic (exact) mass is 389 g/mol. The lowest BCUT2D eigenvalue weighted by atomic mass is 10.1. The van der Waals surface area contributed by atoms with E-state index < -0.39 is 0 Å². The zero-order valence-corrected chi connectivity index (χ0v) is 16.7. The van der Waals surface area contributed by atoms with Crippen molar-refractivity contribution in [2.75, 3.05) is 18.0 Å². The van der Waals surface area contributed by atoms with E-state index in [0.717, 1.165) is 29.9 Å². The van der Waals surface area contributed by atoms with E-state index in [0.29, 0.717) is 34.6 Å². The van der Waals surface area contributed by atoms with Gasteiger partial charge in [0.05, 0.1) is 17.3 Å². The first-order valence-corrected chi connectivity index (χ1v) is 9.87. The summed E-state index contributed by atoms with van der Waals surface area (Å²) in [5.41, 5.74) is 2.93. The second-order valence-corrected chi connectivity index (χ2v) is 7.96. The van der Waals surface area contributed by atoms with Gasteiger partial charge in [-0.25, -0.2) is 9.78 Å². The van der Waals surface area contributed by atoms with Gasteiger partial charge in [-0.15, -0.1) is 0 Å². The number of piperazine rings is 1. The standard InChI is InChI=1S/C22H23N5O2/c1-13-9-27-12-19(25-21(27)8-23-13)20-6-16-4-5-17(7-18(16)22(28)29-20)26-10-14(2)24-15(3)11-26/h4-9,12,14-15,24H,10-11H2,1-3H3/t14-,15+. The first-order chi connectivity index (χ1) is 14.0. The van der Waals surface area contributed by atoms with E-state index in [1.165, 1.54) is 0 Å². The van der Waals surface area contributed by atoms with Crippen LogP contribution in [0.2, 0.25) is 0 Å². The van der Waals surface area contributed by atoms with Crippen LogP contribution in [0.1, 0.15) is 19.5 Å². The van der Waals surface area contributed by atoms with Gasteiger partial charge in [0.15, 0.2) is 11.4 Å². The molecule has 148 valence electrons. The molecule has 1 aliphatic rings. The number of benzene rings is 1. The number of hydrogen-bond donors (Lipinski definition) is 1. The predicted molar refractivity (Wildman–Crippen MR) is 113 cm³/mol. The minimum absolute atomic E-state index is 0.345. The first-order valence-electron chi connectivity index (χ1n) is 9.87. The minimum atomic E-state index is -0.345.